The number of carbonyl (C=O) groups excluding carboxylic acids is 2. The summed E-state index contributed by atoms with van der Waals surface area (Å²) in [4.78, 5) is 35.4. The van der Waals surface area contributed by atoms with Crippen molar-refractivity contribution in [2.75, 3.05) is 47.5 Å². The quantitative estimate of drug-likeness (QED) is 0.0213. The number of esters is 2. The van der Waals surface area contributed by atoms with E-state index in [2.05, 4.69) is 111 Å². The fourth-order valence-electron chi connectivity index (χ4n) is 5.52. The summed E-state index contributed by atoms with van der Waals surface area (Å²) < 4.78 is 34.3. The van der Waals surface area contributed by atoms with Gasteiger partial charge in [-0.25, -0.2) is 4.57 Å². The van der Waals surface area contributed by atoms with Gasteiger partial charge in [0.25, 0.3) is 0 Å². The first-order valence-corrected chi connectivity index (χ1v) is 24.5. The molecule has 0 aromatic heterocycles. The van der Waals surface area contributed by atoms with E-state index in [0.717, 1.165) is 89.9 Å². The molecule has 0 saturated heterocycles. The predicted octanol–water partition coefficient (Wildman–Crippen LogP) is 13.4. The van der Waals surface area contributed by atoms with Gasteiger partial charge < -0.3 is 18.9 Å². The molecule has 0 radical (unpaired) electrons. The lowest BCUT2D eigenvalue weighted by atomic mass is 10.1. The smallest absolute Gasteiger partial charge is 0.462 e. The fourth-order valence-corrected chi connectivity index (χ4v) is 6.26. The second-order valence-corrected chi connectivity index (χ2v) is 17.5. The Hall–Kier alpha value is -3.07. The Morgan fingerprint density at radius 3 is 1.42 bits per heavy atom. The van der Waals surface area contributed by atoms with Gasteiger partial charge in [-0.1, -0.05) is 143 Å². The van der Waals surface area contributed by atoms with Gasteiger partial charge in [-0.2, -0.15) is 0 Å². The van der Waals surface area contributed by atoms with Crippen LogP contribution in [0.2, 0.25) is 0 Å². The van der Waals surface area contributed by atoms with Crippen molar-refractivity contribution in [1.82, 2.24) is 0 Å². The van der Waals surface area contributed by atoms with Crippen molar-refractivity contribution >= 4 is 19.8 Å². The number of carbonyl (C=O) groups is 2. The summed E-state index contributed by atoms with van der Waals surface area (Å²) in [5.41, 5.74) is 0. The van der Waals surface area contributed by atoms with Gasteiger partial charge in [-0.15, -0.1) is 0 Å². The molecular weight excluding hydrogens is 774 g/mol. The number of quaternary nitrogens is 1. The lowest BCUT2D eigenvalue weighted by Crippen LogP contribution is -2.37. The fraction of sp³-hybridized carbons (Fsp3) is 0.640. The van der Waals surface area contributed by atoms with E-state index in [4.69, 9.17) is 18.5 Å². The minimum Gasteiger partial charge on any atom is -0.462 e. The van der Waals surface area contributed by atoms with Crippen LogP contribution in [-0.4, -0.2) is 74.9 Å². The first-order chi connectivity index (χ1) is 29.0. The van der Waals surface area contributed by atoms with E-state index >= 15 is 0 Å². The van der Waals surface area contributed by atoms with Gasteiger partial charge in [-0.3, -0.25) is 18.6 Å². The van der Waals surface area contributed by atoms with Crippen LogP contribution in [0.4, 0.5) is 0 Å². The lowest BCUT2D eigenvalue weighted by molar-refractivity contribution is -0.870. The second kappa shape index (κ2) is 41.3. The summed E-state index contributed by atoms with van der Waals surface area (Å²) in [5, 5.41) is 0. The topological polar surface area (TPSA) is 108 Å². The number of rotatable bonds is 40. The molecule has 1 unspecified atom stereocenters. The standard InChI is InChI=1S/C50H84NO8P/c1-6-8-10-12-14-16-18-20-22-24-25-27-28-30-32-34-36-38-40-42-49(52)56-46-48(47-58-60(54,55)57-45-44-51(3,4)5)59-50(53)43-41-39-37-35-33-31-29-26-23-21-19-17-15-13-11-9-7-2/h9,11,14-17,20-23,25,27,29-32,48H,6-8,10,12-13,18-19,24,26,28,33-47H2,1-5H3/p+1/b11-9-,16-14-,17-15-,22-20-,23-21-,27-25-,31-29-,32-30-/t48-/m1/s1. The molecule has 0 aromatic rings. The predicted molar refractivity (Wildman–Crippen MR) is 252 cm³/mol. The number of phosphoric ester groups is 1. The van der Waals surface area contributed by atoms with Crippen LogP contribution in [0.25, 0.3) is 0 Å². The number of hydrogen-bond acceptors (Lipinski definition) is 7. The van der Waals surface area contributed by atoms with Crippen molar-refractivity contribution in [3.63, 3.8) is 0 Å². The Morgan fingerprint density at radius 2 is 0.950 bits per heavy atom. The Bertz CT molecular complexity index is 1340. The number of hydrogen-bond donors (Lipinski definition) is 1. The Balaban J connectivity index is 4.47. The molecule has 0 aliphatic rings. The maximum atomic E-state index is 12.7. The molecule has 2 atom stereocenters. The van der Waals surface area contributed by atoms with Crippen LogP contribution < -0.4 is 0 Å². The molecule has 0 spiro atoms. The molecule has 0 bridgehead atoms. The number of phosphoric acid groups is 1. The van der Waals surface area contributed by atoms with E-state index in [1.807, 2.05) is 21.1 Å². The highest BCUT2D eigenvalue weighted by Crippen LogP contribution is 2.43. The molecule has 1 N–H and O–H groups in total. The first kappa shape index (κ1) is 56.9. The molecule has 0 aromatic carbocycles. The van der Waals surface area contributed by atoms with Crippen molar-refractivity contribution in [2.24, 2.45) is 0 Å². The molecular formula is C50H85NO8P+. The van der Waals surface area contributed by atoms with Crippen LogP contribution in [0.15, 0.2) is 97.2 Å². The van der Waals surface area contributed by atoms with E-state index in [0.29, 0.717) is 23.9 Å². The van der Waals surface area contributed by atoms with E-state index in [-0.39, 0.29) is 26.1 Å². The minimum atomic E-state index is -4.40. The van der Waals surface area contributed by atoms with Crippen LogP contribution in [0.1, 0.15) is 155 Å². The number of ether oxygens (including phenoxy) is 2. The zero-order chi connectivity index (χ0) is 44.3. The number of likely N-dealkylation sites (N-methyl/N-ethyl adjacent to an activating group) is 1. The second-order valence-electron chi connectivity index (χ2n) is 16.0. The Morgan fingerprint density at radius 1 is 0.533 bits per heavy atom. The summed E-state index contributed by atoms with van der Waals surface area (Å²) in [6.45, 7) is 4.19. The Labute approximate surface area is 366 Å². The third-order valence-corrected chi connectivity index (χ3v) is 10.1. The van der Waals surface area contributed by atoms with E-state index < -0.39 is 32.5 Å². The van der Waals surface area contributed by atoms with Crippen molar-refractivity contribution in [1.29, 1.82) is 0 Å². The van der Waals surface area contributed by atoms with Gasteiger partial charge in [0, 0.05) is 12.8 Å². The molecule has 9 nitrogen and oxygen atoms in total. The van der Waals surface area contributed by atoms with Crippen LogP contribution >= 0.6 is 7.82 Å². The maximum absolute atomic E-state index is 12.7. The maximum Gasteiger partial charge on any atom is 0.472 e. The van der Waals surface area contributed by atoms with Gasteiger partial charge in [-0.05, 0) is 96.3 Å². The third kappa shape index (κ3) is 44.5. The molecule has 0 rings (SSSR count). The highest BCUT2D eigenvalue weighted by Gasteiger charge is 2.27. The van der Waals surface area contributed by atoms with Gasteiger partial charge in [0.2, 0.25) is 0 Å². The van der Waals surface area contributed by atoms with Crippen LogP contribution in [0.5, 0.6) is 0 Å². The van der Waals surface area contributed by atoms with E-state index in [1.165, 1.54) is 25.7 Å². The monoisotopic (exact) mass is 859 g/mol. The lowest BCUT2D eigenvalue weighted by Gasteiger charge is -2.24. The van der Waals surface area contributed by atoms with Gasteiger partial charge >= 0.3 is 19.8 Å². The van der Waals surface area contributed by atoms with Crippen molar-refractivity contribution < 1.29 is 42.1 Å². The average molecular weight is 859 g/mol. The zero-order valence-corrected chi connectivity index (χ0v) is 39.3. The molecule has 60 heavy (non-hydrogen) atoms. The van der Waals surface area contributed by atoms with E-state index in [9.17, 15) is 19.0 Å². The molecule has 10 heteroatoms. The normalized spacial score (nSPS) is 14.4. The summed E-state index contributed by atoms with van der Waals surface area (Å²) in [7, 11) is 1.42. The molecule has 0 aliphatic heterocycles. The highest BCUT2D eigenvalue weighted by atomic mass is 31.2. The average Bonchev–Trinajstić information content (AvgIpc) is 3.20. The van der Waals surface area contributed by atoms with Crippen molar-refractivity contribution in [3.05, 3.63) is 97.2 Å². The SMILES string of the molecule is CC/C=C\C/C=C\C/C=C\C/C=C\CCCCCCC(=O)O[C@H](COC(=O)CCCCC/C=C\C/C=C\C/C=C\C/C=C\CCCCC)COP(=O)(O)OCC[N+](C)(C)C. The van der Waals surface area contributed by atoms with E-state index in [1.54, 1.807) is 0 Å². The van der Waals surface area contributed by atoms with Crippen LogP contribution in [-0.2, 0) is 32.7 Å². The van der Waals surface area contributed by atoms with Crippen LogP contribution in [0, 0.1) is 0 Å². The zero-order valence-electron chi connectivity index (χ0n) is 38.4. The summed E-state index contributed by atoms with van der Waals surface area (Å²) in [6, 6.07) is 0. The largest absolute Gasteiger partial charge is 0.472 e. The van der Waals surface area contributed by atoms with Crippen molar-refractivity contribution in [3.8, 4) is 0 Å². The number of unbranched alkanes of at least 4 members (excludes halogenated alkanes) is 10. The third-order valence-electron chi connectivity index (χ3n) is 9.10. The van der Waals surface area contributed by atoms with Gasteiger partial charge in [0.05, 0.1) is 27.7 Å². The van der Waals surface area contributed by atoms with Crippen molar-refractivity contribution in [2.45, 2.75) is 161 Å². The van der Waals surface area contributed by atoms with Gasteiger partial charge in [0.1, 0.15) is 19.8 Å². The molecule has 0 amide bonds. The molecule has 342 valence electrons. The first-order valence-electron chi connectivity index (χ1n) is 23.0. The molecule has 0 saturated carbocycles. The summed E-state index contributed by atoms with van der Waals surface area (Å²) in [6.07, 6.45) is 54.5. The highest BCUT2D eigenvalue weighted by molar-refractivity contribution is 7.47. The number of nitrogens with zero attached hydrogens (tertiary/aromatic N) is 1. The van der Waals surface area contributed by atoms with Gasteiger partial charge in [0.15, 0.2) is 6.10 Å². The number of allylic oxidation sites excluding steroid dienone is 16. The van der Waals surface area contributed by atoms with Crippen LogP contribution in [0.3, 0.4) is 0 Å². The minimum absolute atomic E-state index is 0.0153. The molecule has 0 fully saturated rings. The summed E-state index contributed by atoms with van der Waals surface area (Å²) >= 11 is 0. The molecule has 0 aliphatic carbocycles. The Kier molecular flexibility index (Phi) is 39.2. The molecule has 0 heterocycles. The summed E-state index contributed by atoms with van der Waals surface area (Å²) in [5.74, 6) is -0.873.